The fraction of sp³-hybridized carbons (Fsp3) is 0.333. The summed E-state index contributed by atoms with van der Waals surface area (Å²) in [6.07, 6.45) is -4.22. The Morgan fingerprint density at radius 1 is 1.33 bits per heavy atom. The first-order valence-corrected chi connectivity index (χ1v) is 6.13. The average molecular weight is 322 g/mol. The molecule has 0 aliphatic heterocycles. The average Bonchev–Trinajstić information content (AvgIpc) is 2.67. The van der Waals surface area contributed by atoms with Crippen molar-refractivity contribution < 1.29 is 17.6 Å². The van der Waals surface area contributed by atoms with Gasteiger partial charge in [0, 0.05) is 9.86 Å². The van der Waals surface area contributed by atoms with E-state index in [2.05, 4.69) is 21.2 Å². The van der Waals surface area contributed by atoms with E-state index in [-0.39, 0.29) is 0 Å². The number of nitrogens with one attached hydrogen (secondary N) is 1. The molecule has 0 radical (unpaired) electrons. The zero-order valence-electron chi connectivity index (χ0n) is 9.51. The molecule has 1 aromatic carbocycles. The fourth-order valence-corrected chi connectivity index (χ4v) is 2.00. The van der Waals surface area contributed by atoms with E-state index in [9.17, 15) is 13.2 Å². The van der Waals surface area contributed by atoms with Gasteiger partial charge in [0.05, 0.1) is 12.6 Å². The molecule has 1 heterocycles. The fourth-order valence-electron chi connectivity index (χ4n) is 1.62. The lowest BCUT2D eigenvalue weighted by molar-refractivity contribution is -0.126. The summed E-state index contributed by atoms with van der Waals surface area (Å²) in [7, 11) is 0. The van der Waals surface area contributed by atoms with Gasteiger partial charge in [-0.25, -0.2) is 0 Å². The molecule has 98 valence electrons. The van der Waals surface area contributed by atoms with Crippen LogP contribution in [0.1, 0.15) is 18.7 Å². The summed E-state index contributed by atoms with van der Waals surface area (Å²) in [4.78, 5) is 0. The minimum atomic E-state index is -4.22. The van der Waals surface area contributed by atoms with Crippen LogP contribution in [0.25, 0.3) is 11.0 Å². The van der Waals surface area contributed by atoms with Gasteiger partial charge in [0.15, 0.2) is 0 Å². The molecule has 1 aromatic heterocycles. The van der Waals surface area contributed by atoms with Gasteiger partial charge < -0.3 is 4.42 Å². The SMILES string of the molecule is CC(NCC(F)(F)F)c1cc2cc(Br)ccc2o1. The van der Waals surface area contributed by atoms with Crippen LogP contribution in [0, 0.1) is 0 Å². The smallest absolute Gasteiger partial charge is 0.401 e. The van der Waals surface area contributed by atoms with E-state index in [4.69, 9.17) is 4.42 Å². The molecule has 18 heavy (non-hydrogen) atoms. The predicted molar refractivity (Wildman–Crippen MR) is 66.4 cm³/mol. The van der Waals surface area contributed by atoms with Crippen molar-refractivity contribution in [3.05, 3.63) is 34.5 Å². The molecule has 6 heteroatoms. The number of fused-ring (bicyclic) bond motifs is 1. The summed E-state index contributed by atoms with van der Waals surface area (Å²) < 4.78 is 42.7. The Balaban J connectivity index is 2.15. The molecule has 2 aromatic rings. The highest BCUT2D eigenvalue weighted by molar-refractivity contribution is 9.10. The summed E-state index contributed by atoms with van der Waals surface area (Å²) in [5, 5.41) is 3.25. The van der Waals surface area contributed by atoms with Gasteiger partial charge in [0.2, 0.25) is 0 Å². The van der Waals surface area contributed by atoms with Crippen molar-refractivity contribution in [1.29, 1.82) is 0 Å². The number of rotatable bonds is 3. The molecular formula is C12H11BrF3NO. The Hall–Kier alpha value is -1.01. The minimum absolute atomic E-state index is 0.488. The van der Waals surface area contributed by atoms with Crippen LogP contribution in [0.2, 0.25) is 0 Å². The van der Waals surface area contributed by atoms with Crippen molar-refractivity contribution in [3.63, 3.8) is 0 Å². The van der Waals surface area contributed by atoms with Gasteiger partial charge in [0.25, 0.3) is 0 Å². The summed E-state index contributed by atoms with van der Waals surface area (Å²) >= 11 is 3.33. The normalized spacial score (nSPS) is 14.1. The van der Waals surface area contributed by atoms with Gasteiger partial charge in [-0.3, -0.25) is 5.32 Å². The molecule has 0 amide bonds. The monoisotopic (exact) mass is 321 g/mol. The minimum Gasteiger partial charge on any atom is -0.459 e. The van der Waals surface area contributed by atoms with E-state index in [0.29, 0.717) is 11.3 Å². The van der Waals surface area contributed by atoms with E-state index >= 15 is 0 Å². The second-order valence-electron chi connectivity index (χ2n) is 4.05. The Labute approximate surface area is 110 Å². The number of hydrogen-bond acceptors (Lipinski definition) is 2. The van der Waals surface area contributed by atoms with Crippen LogP contribution in [0.4, 0.5) is 13.2 Å². The van der Waals surface area contributed by atoms with Crippen molar-refractivity contribution in [2.75, 3.05) is 6.54 Å². The van der Waals surface area contributed by atoms with Gasteiger partial charge in [-0.15, -0.1) is 0 Å². The molecule has 0 bridgehead atoms. The molecule has 0 fully saturated rings. The maximum absolute atomic E-state index is 12.1. The van der Waals surface area contributed by atoms with Crippen molar-refractivity contribution in [1.82, 2.24) is 5.32 Å². The lowest BCUT2D eigenvalue weighted by Crippen LogP contribution is -2.30. The van der Waals surface area contributed by atoms with E-state index in [1.807, 2.05) is 12.1 Å². The summed E-state index contributed by atoms with van der Waals surface area (Å²) in [5.74, 6) is 0.493. The van der Waals surface area contributed by atoms with Gasteiger partial charge in [-0.2, -0.15) is 13.2 Å². The van der Waals surface area contributed by atoms with E-state index in [1.165, 1.54) is 0 Å². The number of alkyl halides is 3. The van der Waals surface area contributed by atoms with Crippen molar-refractivity contribution in [3.8, 4) is 0 Å². The maximum atomic E-state index is 12.1. The van der Waals surface area contributed by atoms with E-state index < -0.39 is 18.8 Å². The number of furan rings is 1. The molecule has 1 unspecified atom stereocenters. The van der Waals surface area contributed by atoms with Crippen LogP contribution in [-0.2, 0) is 0 Å². The van der Waals surface area contributed by atoms with Gasteiger partial charge in [-0.1, -0.05) is 15.9 Å². The van der Waals surface area contributed by atoms with Gasteiger partial charge in [-0.05, 0) is 31.2 Å². The molecule has 0 aliphatic rings. The van der Waals surface area contributed by atoms with Crippen LogP contribution < -0.4 is 5.32 Å². The third kappa shape index (κ3) is 3.26. The summed E-state index contributed by atoms with van der Waals surface area (Å²) in [6, 6.07) is 6.72. The maximum Gasteiger partial charge on any atom is 0.401 e. The Morgan fingerprint density at radius 3 is 2.72 bits per heavy atom. The molecule has 0 saturated carbocycles. The Bertz CT molecular complexity index is 550. The lowest BCUT2D eigenvalue weighted by Gasteiger charge is -2.12. The van der Waals surface area contributed by atoms with Crippen molar-refractivity contribution in [2.45, 2.75) is 19.1 Å². The molecule has 2 nitrogen and oxygen atoms in total. The Kier molecular flexibility index (Phi) is 3.68. The molecule has 0 saturated heterocycles. The molecule has 0 spiro atoms. The first-order valence-electron chi connectivity index (χ1n) is 5.34. The second-order valence-corrected chi connectivity index (χ2v) is 4.96. The predicted octanol–water partition coefficient (Wildman–Crippen LogP) is 4.41. The zero-order valence-corrected chi connectivity index (χ0v) is 11.1. The van der Waals surface area contributed by atoms with E-state index in [1.54, 1.807) is 19.1 Å². The van der Waals surface area contributed by atoms with Crippen molar-refractivity contribution >= 4 is 26.9 Å². The molecule has 0 aliphatic carbocycles. The number of benzene rings is 1. The number of hydrogen-bond donors (Lipinski definition) is 1. The highest BCUT2D eigenvalue weighted by Gasteiger charge is 2.28. The zero-order chi connectivity index (χ0) is 13.3. The van der Waals surface area contributed by atoms with Gasteiger partial charge in [0.1, 0.15) is 11.3 Å². The first-order chi connectivity index (χ1) is 8.35. The number of halogens is 4. The quantitative estimate of drug-likeness (QED) is 0.906. The lowest BCUT2D eigenvalue weighted by atomic mass is 10.2. The molecule has 2 rings (SSSR count). The third-order valence-electron chi connectivity index (χ3n) is 2.53. The van der Waals surface area contributed by atoms with E-state index in [0.717, 1.165) is 9.86 Å². The van der Waals surface area contributed by atoms with Crippen LogP contribution in [0.15, 0.2) is 33.2 Å². The third-order valence-corrected chi connectivity index (χ3v) is 3.03. The molecular weight excluding hydrogens is 311 g/mol. The summed E-state index contributed by atoms with van der Waals surface area (Å²) in [6.45, 7) is 0.605. The highest BCUT2D eigenvalue weighted by Crippen LogP contribution is 2.27. The van der Waals surface area contributed by atoms with Crippen LogP contribution in [0.5, 0.6) is 0 Å². The topological polar surface area (TPSA) is 25.2 Å². The first kappa shape index (κ1) is 13.4. The van der Waals surface area contributed by atoms with Crippen LogP contribution in [-0.4, -0.2) is 12.7 Å². The second kappa shape index (κ2) is 4.93. The summed E-state index contributed by atoms with van der Waals surface area (Å²) in [5.41, 5.74) is 0.661. The standard InChI is InChI=1S/C12H11BrF3NO/c1-7(17-6-12(14,15)16)11-5-8-4-9(13)2-3-10(8)18-11/h2-5,7,17H,6H2,1H3. The Morgan fingerprint density at radius 2 is 2.06 bits per heavy atom. The van der Waals surface area contributed by atoms with Crippen LogP contribution >= 0.6 is 15.9 Å². The molecule has 1 atom stereocenters. The largest absolute Gasteiger partial charge is 0.459 e. The highest BCUT2D eigenvalue weighted by atomic mass is 79.9. The van der Waals surface area contributed by atoms with Gasteiger partial charge >= 0.3 is 6.18 Å². The van der Waals surface area contributed by atoms with Crippen molar-refractivity contribution in [2.24, 2.45) is 0 Å². The molecule has 1 N–H and O–H groups in total. The van der Waals surface area contributed by atoms with Crippen LogP contribution in [0.3, 0.4) is 0 Å².